The number of thiazole rings is 1. The van der Waals surface area contributed by atoms with E-state index in [9.17, 15) is 4.79 Å². The Kier molecular flexibility index (Phi) is 4.95. The van der Waals surface area contributed by atoms with Crippen LogP contribution in [0, 0.1) is 0 Å². The van der Waals surface area contributed by atoms with Gasteiger partial charge in [0.2, 0.25) is 0 Å². The Labute approximate surface area is 122 Å². The summed E-state index contributed by atoms with van der Waals surface area (Å²) in [5.41, 5.74) is 1.34. The van der Waals surface area contributed by atoms with Gasteiger partial charge in [0.25, 0.3) is 5.91 Å². The number of hydrogen-bond donors (Lipinski definition) is 2. The first-order chi connectivity index (χ1) is 9.72. The zero-order chi connectivity index (χ0) is 14.4. The zero-order valence-corrected chi connectivity index (χ0v) is 12.3. The lowest BCUT2D eigenvalue weighted by Gasteiger charge is -2.05. The average Bonchev–Trinajstić information content (AvgIpc) is 2.90. The summed E-state index contributed by atoms with van der Waals surface area (Å²) in [5, 5.41) is 8.31. The van der Waals surface area contributed by atoms with Crippen LogP contribution in [0.15, 0.2) is 29.6 Å². The van der Waals surface area contributed by atoms with Crippen molar-refractivity contribution in [3.05, 3.63) is 35.3 Å². The van der Waals surface area contributed by atoms with Gasteiger partial charge in [-0.15, -0.1) is 11.3 Å². The van der Waals surface area contributed by atoms with E-state index < -0.39 is 0 Å². The van der Waals surface area contributed by atoms with Crippen LogP contribution in [-0.2, 0) is 0 Å². The van der Waals surface area contributed by atoms with E-state index in [1.54, 1.807) is 5.38 Å². The van der Waals surface area contributed by atoms with Gasteiger partial charge in [-0.3, -0.25) is 4.79 Å². The molecule has 2 N–H and O–H groups in total. The highest BCUT2D eigenvalue weighted by molar-refractivity contribution is 7.14. The van der Waals surface area contributed by atoms with Crippen molar-refractivity contribution in [2.45, 2.75) is 13.8 Å². The molecule has 0 unspecified atom stereocenters. The van der Waals surface area contributed by atoms with Gasteiger partial charge in [-0.25, -0.2) is 4.98 Å². The summed E-state index contributed by atoms with van der Waals surface area (Å²) in [6, 6.07) is 7.62. The van der Waals surface area contributed by atoms with Gasteiger partial charge in [0.1, 0.15) is 11.4 Å². The number of carbonyl (C=O) groups excluding carboxylic acids is 1. The second-order valence-electron chi connectivity index (χ2n) is 3.98. The van der Waals surface area contributed by atoms with E-state index in [2.05, 4.69) is 15.6 Å². The van der Waals surface area contributed by atoms with Crippen LogP contribution in [0.2, 0.25) is 0 Å². The topological polar surface area (TPSA) is 63.2 Å². The van der Waals surface area contributed by atoms with Crippen LogP contribution in [0.1, 0.15) is 24.3 Å². The van der Waals surface area contributed by atoms with Crippen LogP contribution in [0.5, 0.6) is 5.75 Å². The highest BCUT2D eigenvalue weighted by atomic mass is 32.1. The number of ether oxygens (including phenoxy) is 1. The van der Waals surface area contributed by atoms with Gasteiger partial charge < -0.3 is 15.4 Å². The highest BCUT2D eigenvalue weighted by Crippen LogP contribution is 2.22. The molecule has 0 aliphatic heterocycles. The molecule has 1 aromatic heterocycles. The molecular weight excluding hydrogens is 274 g/mol. The number of rotatable bonds is 6. The summed E-state index contributed by atoms with van der Waals surface area (Å²) in [6.07, 6.45) is 0. The SMILES string of the molecule is CCNC(=O)c1csc(Nc2ccc(OCC)cc2)n1. The predicted octanol–water partition coefficient (Wildman–Crippen LogP) is 3.04. The van der Waals surface area contributed by atoms with Crippen LogP contribution >= 0.6 is 11.3 Å². The molecular formula is C14H17N3O2S. The van der Waals surface area contributed by atoms with Crippen molar-refractivity contribution in [2.24, 2.45) is 0 Å². The van der Waals surface area contributed by atoms with Crippen molar-refractivity contribution >= 4 is 28.1 Å². The van der Waals surface area contributed by atoms with Gasteiger partial charge in [-0.2, -0.15) is 0 Å². The molecule has 0 fully saturated rings. The molecule has 0 saturated carbocycles. The average molecular weight is 291 g/mol. The Hall–Kier alpha value is -2.08. The van der Waals surface area contributed by atoms with Gasteiger partial charge in [0, 0.05) is 17.6 Å². The van der Waals surface area contributed by atoms with Crippen LogP contribution in [0.25, 0.3) is 0 Å². The smallest absolute Gasteiger partial charge is 0.270 e. The normalized spacial score (nSPS) is 10.1. The fourth-order valence-corrected chi connectivity index (χ4v) is 2.32. The van der Waals surface area contributed by atoms with E-state index in [0.717, 1.165) is 11.4 Å². The number of amides is 1. The van der Waals surface area contributed by atoms with Gasteiger partial charge >= 0.3 is 0 Å². The Bertz CT molecular complexity index is 566. The van der Waals surface area contributed by atoms with Crippen molar-refractivity contribution in [3.8, 4) is 5.75 Å². The van der Waals surface area contributed by atoms with Crippen molar-refractivity contribution in [1.82, 2.24) is 10.3 Å². The number of benzene rings is 1. The molecule has 1 amide bonds. The zero-order valence-electron chi connectivity index (χ0n) is 11.5. The van der Waals surface area contributed by atoms with E-state index in [4.69, 9.17) is 4.74 Å². The summed E-state index contributed by atoms with van der Waals surface area (Å²) in [5.74, 6) is 0.684. The number of nitrogens with zero attached hydrogens (tertiary/aromatic N) is 1. The molecule has 0 atom stereocenters. The fraction of sp³-hybridized carbons (Fsp3) is 0.286. The van der Waals surface area contributed by atoms with Crippen molar-refractivity contribution in [2.75, 3.05) is 18.5 Å². The molecule has 0 saturated heterocycles. The van der Waals surface area contributed by atoms with Crippen molar-refractivity contribution in [1.29, 1.82) is 0 Å². The minimum Gasteiger partial charge on any atom is -0.494 e. The molecule has 0 radical (unpaired) electrons. The lowest BCUT2D eigenvalue weighted by Crippen LogP contribution is -2.22. The Morgan fingerprint density at radius 3 is 2.70 bits per heavy atom. The molecule has 20 heavy (non-hydrogen) atoms. The third-order valence-corrected chi connectivity index (χ3v) is 3.25. The second kappa shape index (κ2) is 6.91. The summed E-state index contributed by atoms with van der Waals surface area (Å²) in [4.78, 5) is 15.9. The molecule has 6 heteroatoms. The van der Waals surface area contributed by atoms with Gasteiger partial charge in [-0.1, -0.05) is 0 Å². The minimum absolute atomic E-state index is 0.150. The van der Waals surface area contributed by atoms with Crippen LogP contribution in [-0.4, -0.2) is 24.0 Å². The lowest BCUT2D eigenvalue weighted by atomic mass is 10.3. The fourth-order valence-electron chi connectivity index (χ4n) is 1.61. The van der Waals surface area contributed by atoms with E-state index in [1.165, 1.54) is 11.3 Å². The van der Waals surface area contributed by atoms with Crippen LogP contribution < -0.4 is 15.4 Å². The van der Waals surface area contributed by atoms with E-state index in [1.807, 2.05) is 38.1 Å². The Morgan fingerprint density at radius 2 is 2.05 bits per heavy atom. The lowest BCUT2D eigenvalue weighted by molar-refractivity contribution is 0.0951. The molecule has 1 heterocycles. The number of carbonyl (C=O) groups is 1. The molecule has 5 nitrogen and oxygen atoms in total. The van der Waals surface area contributed by atoms with E-state index >= 15 is 0 Å². The number of hydrogen-bond acceptors (Lipinski definition) is 5. The van der Waals surface area contributed by atoms with Crippen LogP contribution in [0.3, 0.4) is 0 Å². The number of nitrogens with one attached hydrogen (secondary N) is 2. The predicted molar refractivity (Wildman–Crippen MR) is 81.0 cm³/mol. The molecule has 2 aromatic rings. The molecule has 106 valence electrons. The summed E-state index contributed by atoms with van der Waals surface area (Å²) < 4.78 is 5.38. The molecule has 1 aromatic carbocycles. The maximum Gasteiger partial charge on any atom is 0.270 e. The number of aromatic nitrogens is 1. The third kappa shape index (κ3) is 3.71. The minimum atomic E-state index is -0.150. The quantitative estimate of drug-likeness (QED) is 0.858. The maximum atomic E-state index is 11.6. The Morgan fingerprint density at radius 1 is 1.30 bits per heavy atom. The van der Waals surface area contributed by atoms with E-state index in [0.29, 0.717) is 24.0 Å². The summed E-state index contributed by atoms with van der Waals surface area (Å²) >= 11 is 1.40. The second-order valence-corrected chi connectivity index (χ2v) is 4.84. The maximum absolute atomic E-state index is 11.6. The molecule has 2 rings (SSSR count). The summed E-state index contributed by atoms with van der Waals surface area (Å²) in [7, 11) is 0. The van der Waals surface area contributed by atoms with Gasteiger partial charge in [0.05, 0.1) is 6.61 Å². The monoisotopic (exact) mass is 291 g/mol. The van der Waals surface area contributed by atoms with Crippen molar-refractivity contribution < 1.29 is 9.53 Å². The van der Waals surface area contributed by atoms with Gasteiger partial charge in [-0.05, 0) is 38.1 Å². The third-order valence-electron chi connectivity index (χ3n) is 2.49. The molecule has 0 aliphatic carbocycles. The summed E-state index contributed by atoms with van der Waals surface area (Å²) in [6.45, 7) is 5.07. The largest absolute Gasteiger partial charge is 0.494 e. The molecule has 0 spiro atoms. The Balaban J connectivity index is 2.01. The van der Waals surface area contributed by atoms with Gasteiger partial charge in [0.15, 0.2) is 5.13 Å². The molecule has 0 aliphatic rings. The number of anilines is 2. The first-order valence-corrected chi connectivity index (χ1v) is 7.34. The highest BCUT2D eigenvalue weighted by Gasteiger charge is 2.09. The molecule has 0 bridgehead atoms. The standard InChI is InChI=1S/C14H17N3O2S/c1-3-15-13(18)12-9-20-14(17-12)16-10-5-7-11(8-6-10)19-4-2/h5-9H,3-4H2,1-2H3,(H,15,18)(H,16,17). The van der Waals surface area contributed by atoms with Crippen LogP contribution in [0.4, 0.5) is 10.8 Å². The first-order valence-electron chi connectivity index (χ1n) is 6.46. The van der Waals surface area contributed by atoms with E-state index in [-0.39, 0.29) is 5.91 Å². The van der Waals surface area contributed by atoms with Crippen molar-refractivity contribution in [3.63, 3.8) is 0 Å². The first kappa shape index (κ1) is 14.3.